The summed E-state index contributed by atoms with van der Waals surface area (Å²) >= 11 is 0. The van der Waals surface area contributed by atoms with E-state index >= 15 is 0 Å². The Morgan fingerprint density at radius 3 is 2.24 bits per heavy atom. The van der Waals surface area contributed by atoms with Crippen molar-refractivity contribution in [3.8, 4) is 16.9 Å². The van der Waals surface area contributed by atoms with Crippen LogP contribution >= 0.6 is 0 Å². The van der Waals surface area contributed by atoms with Crippen LogP contribution in [0.4, 0.5) is 8.78 Å². The van der Waals surface area contributed by atoms with Gasteiger partial charge in [0.1, 0.15) is 0 Å². The molecule has 0 aromatic heterocycles. The summed E-state index contributed by atoms with van der Waals surface area (Å²) in [7, 11) is 0. The summed E-state index contributed by atoms with van der Waals surface area (Å²) in [6.45, 7) is 5.78. The van der Waals surface area contributed by atoms with Gasteiger partial charge in [0.2, 0.25) is 5.82 Å². The quantitative estimate of drug-likeness (QED) is 0.372. The lowest BCUT2D eigenvalue weighted by Gasteiger charge is -2.32. The second-order valence-corrected chi connectivity index (χ2v) is 9.82. The Labute approximate surface area is 202 Å². The molecule has 0 N–H and O–H groups in total. The Hall–Kier alpha value is -1.98. The van der Waals surface area contributed by atoms with Crippen LogP contribution in [0.15, 0.2) is 36.4 Å². The second kappa shape index (κ2) is 12.1. The maximum Gasteiger partial charge on any atom is 0.201 e. The smallest absolute Gasteiger partial charge is 0.201 e. The lowest BCUT2D eigenvalue weighted by atomic mass is 9.80. The maximum absolute atomic E-state index is 14.5. The first kappa shape index (κ1) is 25.1. The van der Waals surface area contributed by atoms with Crippen molar-refractivity contribution >= 4 is 0 Å². The van der Waals surface area contributed by atoms with E-state index in [1.165, 1.54) is 44.6 Å². The molecule has 2 aromatic rings. The first-order valence-corrected chi connectivity index (χ1v) is 13.0. The van der Waals surface area contributed by atoms with Gasteiger partial charge in [-0.3, -0.25) is 0 Å². The minimum absolute atomic E-state index is 0.0142. The van der Waals surface area contributed by atoms with Gasteiger partial charge in [-0.25, -0.2) is 4.39 Å². The molecule has 2 atom stereocenters. The summed E-state index contributed by atoms with van der Waals surface area (Å²) in [5, 5.41) is 0. The Morgan fingerprint density at radius 1 is 0.853 bits per heavy atom. The zero-order valence-corrected chi connectivity index (χ0v) is 20.5. The van der Waals surface area contributed by atoms with Crippen LogP contribution in [-0.4, -0.2) is 25.9 Å². The molecule has 3 nitrogen and oxygen atoms in total. The zero-order valence-electron chi connectivity index (χ0n) is 20.5. The highest BCUT2D eigenvalue weighted by Crippen LogP contribution is 2.35. The summed E-state index contributed by atoms with van der Waals surface area (Å²) in [6.07, 6.45) is 10.0. The van der Waals surface area contributed by atoms with Crippen molar-refractivity contribution in [2.45, 2.75) is 77.4 Å². The summed E-state index contributed by atoms with van der Waals surface area (Å²) in [5.74, 6) is -0.259. The number of hydrogen-bond acceptors (Lipinski definition) is 3. The maximum atomic E-state index is 14.5. The highest BCUT2D eigenvalue weighted by atomic mass is 19.2. The normalized spacial score (nSPS) is 25.3. The topological polar surface area (TPSA) is 27.7 Å². The molecule has 0 spiro atoms. The monoisotopic (exact) mass is 472 g/mol. The minimum atomic E-state index is -0.945. The van der Waals surface area contributed by atoms with Crippen LogP contribution in [0.25, 0.3) is 11.1 Å². The highest BCUT2D eigenvalue weighted by molar-refractivity contribution is 5.65. The molecule has 4 rings (SSSR count). The standard InChI is InChI=1S/C29H38F2O3/c1-3-5-20-6-8-21(9-7-20)18-33-24-14-16-26(34-19-24)23-12-10-22(11-13-23)25-15-17-27(32-4-2)29(31)28(25)30/h10-13,15,17,20-21,24,26H,3-9,14,16,18-19H2,1-2H3. The van der Waals surface area contributed by atoms with E-state index in [0.29, 0.717) is 18.1 Å². The Bertz CT molecular complexity index is 898. The summed E-state index contributed by atoms with van der Waals surface area (Å²) in [5.41, 5.74) is 1.92. The number of benzene rings is 2. The molecule has 1 saturated carbocycles. The van der Waals surface area contributed by atoms with Gasteiger partial charge in [-0.15, -0.1) is 0 Å². The van der Waals surface area contributed by atoms with Crippen molar-refractivity contribution in [1.82, 2.24) is 0 Å². The average molecular weight is 473 g/mol. The first-order chi connectivity index (χ1) is 16.6. The Morgan fingerprint density at radius 2 is 1.59 bits per heavy atom. The molecule has 186 valence electrons. The number of rotatable bonds is 9. The molecule has 1 aliphatic heterocycles. The molecule has 0 amide bonds. The molecule has 1 saturated heterocycles. The van der Waals surface area contributed by atoms with E-state index in [1.807, 2.05) is 24.3 Å². The third-order valence-electron chi connectivity index (χ3n) is 7.41. The minimum Gasteiger partial charge on any atom is -0.491 e. The van der Waals surface area contributed by atoms with Gasteiger partial charge in [-0.05, 0) is 67.7 Å². The fraction of sp³-hybridized carbons (Fsp3) is 0.586. The van der Waals surface area contributed by atoms with Crippen LogP contribution in [0.5, 0.6) is 5.75 Å². The molecule has 2 fully saturated rings. The van der Waals surface area contributed by atoms with Crippen molar-refractivity contribution in [2.75, 3.05) is 19.8 Å². The molecule has 1 heterocycles. The summed E-state index contributed by atoms with van der Waals surface area (Å²) in [4.78, 5) is 0. The Kier molecular flexibility index (Phi) is 8.96. The van der Waals surface area contributed by atoms with Crippen molar-refractivity contribution < 1.29 is 23.0 Å². The van der Waals surface area contributed by atoms with Crippen molar-refractivity contribution in [3.05, 3.63) is 53.6 Å². The Balaban J connectivity index is 1.26. The van der Waals surface area contributed by atoms with Gasteiger partial charge in [0.05, 0.1) is 25.4 Å². The third kappa shape index (κ3) is 6.17. The molecule has 0 bridgehead atoms. The van der Waals surface area contributed by atoms with Crippen LogP contribution < -0.4 is 4.74 Å². The molecule has 1 aliphatic carbocycles. The molecule has 5 heteroatoms. The fourth-order valence-electron chi connectivity index (χ4n) is 5.39. The second-order valence-electron chi connectivity index (χ2n) is 9.82. The van der Waals surface area contributed by atoms with Crippen molar-refractivity contribution in [1.29, 1.82) is 0 Å². The van der Waals surface area contributed by atoms with E-state index in [1.54, 1.807) is 13.0 Å². The largest absolute Gasteiger partial charge is 0.491 e. The van der Waals surface area contributed by atoms with Gasteiger partial charge in [-0.1, -0.05) is 56.9 Å². The van der Waals surface area contributed by atoms with E-state index in [4.69, 9.17) is 14.2 Å². The van der Waals surface area contributed by atoms with E-state index in [9.17, 15) is 8.78 Å². The SMILES string of the molecule is CCCC1CCC(COC2CCC(c3ccc(-c4ccc(OCC)c(F)c4F)cc3)OC2)CC1. The van der Waals surface area contributed by atoms with E-state index in [2.05, 4.69) is 6.92 Å². The van der Waals surface area contributed by atoms with Gasteiger partial charge >= 0.3 is 0 Å². The van der Waals surface area contributed by atoms with Gasteiger partial charge in [-0.2, -0.15) is 4.39 Å². The fourth-order valence-corrected chi connectivity index (χ4v) is 5.39. The molecule has 34 heavy (non-hydrogen) atoms. The average Bonchev–Trinajstić information content (AvgIpc) is 2.87. The number of halogens is 2. The van der Waals surface area contributed by atoms with Gasteiger partial charge < -0.3 is 14.2 Å². The molecule has 0 radical (unpaired) electrons. The lowest BCUT2D eigenvalue weighted by molar-refractivity contribution is -0.0959. The van der Waals surface area contributed by atoms with Crippen LogP contribution in [0.2, 0.25) is 0 Å². The predicted molar refractivity (Wildman–Crippen MR) is 131 cm³/mol. The third-order valence-corrected chi connectivity index (χ3v) is 7.41. The zero-order chi connectivity index (χ0) is 23.9. The molecule has 2 unspecified atom stereocenters. The lowest BCUT2D eigenvalue weighted by Crippen LogP contribution is -2.30. The highest BCUT2D eigenvalue weighted by Gasteiger charge is 2.26. The van der Waals surface area contributed by atoms with Crippen molar-refractivity contribution in [2.24, 2.45) is 11.8 Å². The van der Waals surface area contributed by atoms with Gasteiger partial charge in [0, 0.05) is 12.2 Å². The van der Waals surface area contributed by atoms with Crippen molar-refractivity contribution in [3.63, 3.8) is 0 Å². The van der Waals surface area contributed by atoms with E-state index in [0.717, 1.165) is 30.9 Å². The summed E-state index contributed by atoms with van der Waals surface area (Å²) < 4.78 is 46.3. The molecule has 2 aromatic carbocycles. The van der Waals surface area contributed by atoms with Crippen LogP contribution in [-0.2, 0) is 9.47 Å². The summed E-state index contributed by atoms with van der Waals surface area (Å²) in [6, 6.07) is 10.6. The molecular weight excluding hydrogens is 434 g/mol. The predicted octanol–water partition coefficient (Wildman–Crippen LogP) is 7.87. The first-order valence-electron chi connectivity index (χ1n) is 13.0. The van der Waals surface area contributed by atoms with Gasteiger partial charge in [0.25, 0.3) is 0 Å². The van der Waals surface area contributed by atoms with E-state index < -0.39 is 11.6 Å². The van der Waals surface area contributed by atoms with Gasteiger partial charge in [0.15, 0.2) is 11.6 Å². The number of hydrogen-bond donors (Lipinski definition) is 0. The molecular formula is C29H38F2O3. The number of ether oxygens (including phenoxy) is 3. The van der Waals surface area contributed by atoms with Crippen LogP contribution in [0.3, 0.4) is 0 Å². The molecule has 2 aliphatic rings. The van der Waals surface area contributed by atoms with E-state index in [-0.39, 0.29) is 30.1 Å². The van der Waals surface area contributed by atoms with Crippen LogP contribution in [0, 0.1) is 23.5 Å². The van der Waals surface area contributed by atoms with Crippen LogP contribution in [0.1, 0.15) is 76.9 Å².